The molecule has 3 atom stereocenters. The van der Waals surface area contributed by atoms with Gasteiger partial charge >= 0.3 is 0 Å². The predicted molar refractivity (Wildman–Crippen MR) is 130 cm³/mol. The second kappa shape index (κ2) is 22.5. The third-order valence-corrected chi connectivity index (χ3v) is 6.22. The molecule has 186 valence electrons. The summed E-state index contributed by atoms with van der Waals surface area (Å²) in [7, 11) is 0. The van der Waals surface area contributed by atoms with E-state index in [0.717, 1.165) is 32.1 Å². The molecule has 0 bridgehead atoms. The van der Waals surface area contributed by atoms with Crippen molar-refractivity contribution in [3.63, 3.8) is 0 Å². The lowest BCUT2D eigenvalue weighted by Crippen LogP contribution is -2.49. The van der Waals surface area contributed by atoms with Crippen LogP contribution in [0.3, 0.4) is 0 Å². The van der Waals surface area contributed by atoms with Crippen molar-refractivity contribution in [3.05, 3.63) is 0 Å². The highest BCUT2D eigenvalue weighted by molar-refractivity contribution is 5.76. The van der Waals surface area contributed by atoms with E-state index in [1.54, 1.807) is 0 Å². The van der Waals surface area contributed by atoms with E-state index in [0.29, 0.717) is 12.8 Å². The lowest BCUT2D eigenvalue weighted by molar-refractivity contribution is -0.124. The van der Waals surface area contributed by atoms with E-state index in [4.69, 9.17) is 5.11 Å². The molecule has 0 heterocycles. The minimum Gasteiger partial charge on any atom is -0.394 e. The molecule has 5 heteroatoms. The molecule has 0 aromatic rings. The van der Waals surface area contributed by atoms with Gasteiger partial charge in [-0.25, -0.2) is 0 Å². The Hall–Kier alpha value is -0.650. The Morgan fingerprint density at radius 1 is 0.677 bits per heavy atom. The Labute approximate surface area is 192 Å². The molecule has 0 aliphatic carbocycles. The smallest absolute Gasteiger partial charge is 0.220 e. The van der Waals surface area contributed by atoms with Crippen LogP contribution in [0.1, 0.15) is 136 Å². The summed E-state index contributed by atoms with van der Waals surface area (Å²) in [5.74, 6) is -0.0652. The van der Waals surface area contributed by atoms with Crippen LogP contribution in [0.5, 0.6) is 0 Å². The number of hydrogen-bond acceptors (Lipinski definition) is 4. The van der Waals surface area contributed by atoms with Gasteiger partial charge in [0.25, 0.3) is 0 Å². The maximum Gasteiger partial charge on any atom is 0.220 e. The van der Waals surface area contributed by atoms with Gasteiger partial charge in [0.05, 0.1) is 12.6 Å². The first-order valence-corrected chi connectivity index (χ1v) is 13.3. The van der Waals surface area contributed by atoms with Crippen molar-refractivity contribution in [2.24, 2.45) is 0 Å². The molecule has 0 aromatic heterocycles. The van der Waals surface area contributed by atoms with Crippen LogP contribution in [-0.4, -0.2) is 46.1 Å². The topological polar surface area (TPSA) is 89.8 Å². The van der Waals surface area contributed by atoms with Crippen molar-refractivity contribution in [2.45, 2.75) is 154 Å². The number of carbonyl (C=O) groups excluding carboxylic acids is 1. The van der Waals surface area contributed by atoms with Crippen molar-refractivity contribution in [2.75, 3.05) is 6.61 Å². The van der Waals surface area contributed by atoms with Crippen LogP contribution >= 0.6 is 0 Å². The number of carbonyl (C=O) groups is 1. The van der Waals surface area contributed by atoms with E-state index in [9.17, 15) is 15.0 Å². The molecular formula is C26H53NO4. The van der Waals surface area contributed by atoms with Gasteiger partial charge in [-0.2, -0.15) is 0 Å². The summed E-state index contributed by atoms with van der Waals surface area (Å²) in [6.07, 6.45) is 19.3. The Morgan fingerprint density at radius 2 is 1.10 bits per heavy atom. The molecule has 31 heavy (non-hydrogen) atoms. The first kappa shape index (κ1) is 30.4. The maximum absolute atomic E-state index is 12.3. The molecule has 0 fully saturated rings. The summed E-state index contributed by atoms with van der Waals surface area (Å²) in [5.41, 5.74) is 0. The molecule has 0 saturated carbocycles. The Bertz CT molecular complexity index is 392. The fourth-order valence-corrected chi connectivity index (χ4v) is 4.08. The van der Waals surface area contributed by atoms with Gasteiger partial charge in [0.15, 0.2) is 0 Å². The van der Waals surface area contributed by atoms with Crippen LogP contribution in [0.15, 0.2) is 0 Å². The van der Waals surface area contributed by atoms with Gasteiger partial charge in [-0.15, -0.1) is 0 Å². The number of aliphatic hydroxyl groups is 3. The summed E-state index contributed by atoms with van der Waals surface area (Å²) in [5, 5.41) is 32.2. The van der Waals surface area contributed by atoms with Crippen LogP contribution in [0.2, 0.25) is 0 Å². The average molecular weight is 444 g/mol. The molecule has 0 aliphatic heterocycles. The molecule has 0 unspecified atom stereocenters. The van der Waals surface area contributed by atoms with Crippen molar-refractivity contribution in [1.29, 1.82) is 0 Å². The summed E-state index contributed by atoms with van der Waals surface area (Å²) < 4.78 is 0. The number of hydrogen-bond donors (Lipinski definition) is 4. The number of unbranched alkanes of at least 4 members (excludes halogenated alkanes) is 15. The largest absolute Gasteiger partial charge is 0.394 e. The van der Waals surface area contributed by atoms with Crippen molar-refractivity contribution in [1.82, 2.24) is 5.32 Å². The minimum absolute atomic E-state index is 0.0652. The number of nitrogens with one attached hydrogen (secondary N) is 1. The SMILES string of the molecule is CCCCCCCCCCCCCC[C@H](NC(=O)CCCCCCC)[C@@H](O)[C@H](O)CO. The Morgan fingerprint density at radius 3 is 1.55 bits per heavy atom. The van der Waals surface area contributed by atoms with E-state index in [1.807, 2.05) is 0 Å². The van der Waals surface area contributed by atoms with Gasteiger partial charge in [-0.05, 0) is 12.8 Å². The zero-order valence-electron chi connectivity index (χ0n) is 20.6. The molecule has 0 saturated heterocycles. The molecule has 4 N–H and O–H groups in total. The summed E-state index contributed by atoms with van der Waals surface area (Å²) in [4.78, 5) is 12.3. The fourth-order valence-electron chi connectivity index (χ4n) is 4.08. The van der Waals surface area contributed by atoms with E-state index in [-0.39, 0.29) is 5.91 Å². The first-order chi connectivity index (χ1) is 15.1. The molecular weight excluding hydrogens is 390 g/mol. The first-order valence-electron chi connectivity index (χ1n) is 13.3. The molecule has 0 aromatic carbocycles. The van der Waals surface area contributed by atoms with Gasteiger partial charge in [-0.1, -0.05) is 117 Å². The van der Waals surface area contributed by atoms with Crippen LogP contribution in [-0.2, 0) is 4.79 Å². The second-order valence-electron chi connectivity index (χ2n) is 9.26. The fraction of sp³-hybridized carbons (Fsp3) is 0.962. The zero-order valence-corrected chi connectivity index (χ0v) is 20.6. The number of aliphatic hydroxyl groups excluding tert-OH is 3. The van der Waals surface area contributed by atoms with Crippen LogP contribution < -0.4 is 5.32 Å². The van der Waals surface area contributed by atoms with Gasteiger partial charge < -0.3 is 20.6 Å². The lowest BCUT2D eigenvalue weighted by Gasteiger charge is -2.27. The summed E-state index contributed by atoms with van der Waals surface area (Å²) in [6, 6.07) is -0.492. The zero-order chi connectivity index (χ0) is 23.2. The van der Waals surface area contributed by atoms with E-state index in [1.165, 1.54) is 77.0 Å². The lowest BCUT2D eigenvalue weighted by atomic mass is 9.98. The summed E-state index contributed by atoms with van der Waals surface area (Å²) >= 11 is 0. The Balaban J connectivity index is 3.99. The maximum atomic E-state index is 12.3. The third kappa shape index (κ3) is 18.6. The van der Waals surface area contributed by atoms with Crippen LogP contribution in [0.4, 0.5) is 0 Å². The van der Waals surface area contributed by atoms with E-state index in [2.05, 4.69) is 19.2 Å². The van der Waals surface area contributed by atoms with E-state index < -0.39 is 24.9 Å². The molecule has 5 nitrogen and oxygen atoms in total. The third-order valence-electron chi connectivity index (χ3n) is 6.22. The molecule has 0 rings (SSSR count). The standard InChI is InChI=1S/C26H53NO4/c1-3-5-7-9-10-11-12-13-14-15-17-18-20-23(26(31)24(29)22-28)27-25(30)21-19-16-8-6-4-2/h23-24,26,28-29,31H,3-22H2,1-2H3,(H,27,30)/t23-,24+,26+/m0/s1. The Kier molecular flexibility index (Phi) is 22.1. The molecule has 0 spiro atoms. The van der Waals surface area contributed by atoms with Gasteiger partial charge in [0, 0.05) is 6.42 Å². The average Bonchev–Trinajstić information content (AvgIpc) is 2.77. The van der Waals surface area contributed by atoms with Gasteiger partial charge in [-0.3, -0.25) is 4.79 Å². The molecule has 0 aliphatic rings. The normalized spacial score (nSPS) is 14.4. The highest BCUT2D eigenvalue weighted by atomic mass is 16.4. The molecule has 0 radical (unpaired) electrons. The van der Waals surface area contributed by atoms with Gasteiger partial charge in [0.1, 0.15) is 12.2 Å². The second-order valence-corrected chi connectivity index (χ2v) is 9.26. The number of amides is 1. The van der Waals surface area contributed by atoms with Crippen molar-refractivity contribution < 1.29 is 20.1 Å². The minimum atomic E-state index is -1.22. The van der Waals surface area contributed by atoms with Crippen molar-refractivity contribution in [3.8, 4) is 0 Å². The van der Waals surface area contributed by atoms with Crippen LogP contribution in [0.25, 0.3) is 0 Å². The predicted octanol–water partition coefficient (Wildman–Crippen LogP) is 5.64. The van der Waals surface area contributed by atoms with Crippen LogP contribution in [0, 0.1) is 0 Å². The van der Waals surface area contributed by atoms with E-state index >= 15 is 0 Å². The highest BCUT2D eigenvalue weighted by Crippen LogP contribution is 2.15. The van der Waals surface area contributed by atoms with Crippen molar-refractivity contribution >= 4 is 5.91 Å². The quantitative estimate of drug-likeness (QED) is 0.154. The molecule has 1 amide bonds. The monoisotopic (exact) mass is 443 g/mol. The number of rotatable bonds is 23. The highest BCUT2D eigenvalue weighted by Gasteiger charge is 2.26. The summed E-state index contributed by atoms with van der Waals surface area (Å²) in [6.45, 7) is 3.92. The van der Waals surface area contributed by atoms with Gasteiger partial charge in [0.2, 0.25) is 5.91 Å².